The summed E-state index contributed by atoms with van der Waals surface area (Å²) in [6.45, 7) is 1.40. The van der Waals surface area contributed by atoms with Crippen molar-refractivity contribution in [3.63, 3.8) is 0 Å². The molecule has 0 spiro atoms. The molecule has 1 aromatic carbocycles. The first kappa shape index (κ1) is 10.1. The zero-order valence-electron chi connectivity index (χ0n) is 8.23. The number of benzene rings is 1. The molecule has 3 N–H and O–H groups in total. The molecule has 0 radical (unpaired) electrons. The Morgan fingerprint density at radius 1 is 1.27 bits per heavy atom. The lowest BCUT2D eigenvalue weighted by molar-refractivity contribution is 0.140. The second-order valence-corrected chi connectivity index (χ2v) is 3.25. The predicted molar refractivity (Wildman–Crippen MR) is 52.9 cm³/mol. The van der Waals surface area contributed by atoms with Crippen LogP contribution in [0.25, 0.3) is 0 Å². The summed E-state index contributed by atoms with van der Waals surface area (Å²) in [4.78, 5) is 4.46. The van der Waals surface area contributed by atoms with E-state index in [0.29, 0.717) is 37.7 Å². The zero-order valence-corrected chi connectivity index (χ0v) is 8.23. The molecule has 5 nitrogen and oxygen atoms in total. The second kappa shape index (κ2) is 4.37. The molecule has 1 aliphatic heterocycles. The minimum Gasteiger partial charge on any atom is -0.508 e. The van der Waals surface area contributed by atoms with Crippen LogP contribution in [0.4, 0.5) is 0 Å². The number of ether oxygens (including phenoxy) is 2. The number of hydrogen-bond acceptors (Lipinski definition) is 5. The summed E-state index contributed by atoms with van der Waals surface area (Å²) in [5.74, 6) is 6.34. The van der Waals surface area contributed by atoms with E-state index in [0.717, 1.165) is 5.56 Å². The van der Waals surface area contributed by atoms with E-state index in [1.54, 1.807) is 12.1 Å². The number of fused-ring (bicyclic) bond motifs is 1. The molecule has 0 amide bonds. The summed E-state index contributed by atoms with van der Waals surface area (Å²) in [6, 6.07) is 3.31. The van der Waals surface area contributed by atoms with Crippen molar-refractivity contribution in [2.24, 2.45) is 5.90 Å². The molecule has 0 aromatic heterocycles. The molecule has 1 aliphatic rings. The highest BCUT2D eigenvalue weighted by Gasteiger charge is 2.15. The smallest absolute Gasteiger partial charge is 0.165 e. The van der Waals surface area contributed by atoms with E-state index in [4.69, 9.17) is 15.4 Å². The average molecular weight is 211 g/mol. The molecule has 0 fully saturated rings. The fourth-order valence-corrected chi connectivity index (χ4v) is 1.49. The Bertz CT molecular complexity index is 354. The molecular weight excluding hydrogens is 198 g/mol. The van der Waals surface area contributed by atoms with E-state index < -0.39 is 0 Å². The maximum absolute atomic E-state index is 9.66. The van der Waals surface area contributed by atoms with Gasteiger partial charge >= 0.3 is 0 Å². The number of phenols is 1. The molecule has 0 aliphatic carbocycles. The minimum atomic E-state index is 0.177. The molecule has 0 unspecified atom stereocenters. The van der Waals surface area contributed by atoms with Crippen LogP contribution in [0.1, 0.15) is 5.56 Å². The van der Waals surface area contributed by atoms with Crippen LogP contribution in [-0.4, -0.2) is 24.9 Å². The number of phenolic OH excluding ortho intramolecular Hbond substituents is 1. The van der Waals surface area contributed by atoms with Crippen LogP contribution in [0.5, 0.6) is 17.2 Å². The van der Waals surface area contributed by atoms with Crippen LogP contribution in [0.2, 0.25) is 0 Å². The zero-order chi connectivity index (χ0) is 10.7. The Labute approximate surface area is 87.3 Å². The van der Waals surface area contributed by atoms with Crippen molar-refractivity contribution in [2.45, 2.75) is 6.42 Å². The standard InChI is InChI=1S/C10H13NO4/c11-15-2-1-7-5-9-10(6-8(7)12)14-4-3-13-9/h5-6,12H,1-4,11H2. The average Bonchev–Trinajstić information content (AvgIpc) is 2.26. The first-order valence-electron chi connectivity index (χ1n) is 4.74. The van der Waals surface area contributed by atoms with Crippen LogP contribution in [-0.2, 0) is 11.3 Å². The fraction of sp³-hybridized carbons (Fsp3) is 0.400. The first-order chi connectivity index (χ1) is 7.31. The summed E-state index contributed by atoms with van der Waals surface area (Å²) < 4.78 is 10.7. The molecule has 5 heteroatoms. The monoisotopic (exact) mass is 211 g/mol. The Hall–Kier alpha value is -1.46. The molecule has 1 heterocycles. The molecular formula is C10H13NO4. The third-order valence-electron chi connectivity index (χ3n) is 2.23. The highest BCUT2D eigenvalue weighted by molar-refractivity contribution is 5.50. The van der Waals surface area contributed by atoms with E-state index in [1.807, 2.05) is 0 Å². The van der Waals surface area contributed by atoms with E-state index in [2.05, 4.69) is 4.84 Å². The molecule has 82 valence electrons. The Morgan fingerprint density at radius 2 is 1.93 bits per heavy atom. The van der Waals surface area contributed by atoms with Crippen LogP contribution in [0.15, 0.2) is 12.1 Å². The fourth-order valence-electron chi connectivity index (χ4n) is 1.49. The summed E-state index contributed by atoms with van der Waals surface area (Å²) in [5, 5.41) is 9.66. The maximum atomic E-state index is 9.66. The van der Waals surface area contributed by atoms with Gasteiger partial charge in [0.25, 0.3) is 0 Å². The van der Waals surface area contributed by atoms with E-state index in [-0.39, 0.29) is 5.75 Å². The van der Waals surface area contributed by atoms with Gasteiger partial charge in [-0.15, -0.1) is 0 Å². The summed E-state index contributed by atoms with van der Waals surface area (Å²) in [5.41, 5.74) is 0.740. The Balaban J connectivity index is 2.24. The lowest BCUT2D eigenvalue weighted by Gasteiger charge is -2.19. The van der Waals surface area contributed by atoms with Crippen molar-refractivity contribution >= 4 is 0 Å². The van der Waals surface area contributed by atoms with Crippen LogP contribution >= 0.6 is 0 Å². The van der Waals surface area contributed by atoms with Gasteiger partial charge in [0.05, 0.1) is 6.61 Å². The molecule has 0 atom stereocenters. The summed E-state index contributed by atoms with van der Waals surface area (Å²) in [6.07, 6.45) is 0.541. The van der Waals surface area contributed by atoms with Gasteiger partial charge in [-0.3, -0.25) is 0 Å². The molecule has 0 saturated carbocycles. The second-order valence-electron chi connectivity index (χ2n) is 3.25. The highest BCUT2D eigenvalue weighted by atomic mass is 16.6. The quantitative estimate of drug-likeness (QED) is 0.716. The maximum Gasteiger partial charge on any atom is 0.165 e. The minimum absolute atomic E-state index is 0.177. The Morgan fingerprint density at radius 3 is 2.60 bits per heavy atom. The van der Waals surface area contributed by atoms with Gasteiger partial charge in [-0.2, -0.15) is 0 Å². The van der Waals surface area contributed by atoms with Crippen molar-refractivity contribution < 1.29 is 19.4 Å². The molecule has 0 bridgehead atoms. The molecule has 15 heavy (non-hydrogen) atoms. The van der Waals surface area contributed by atoms with E-state index >= 15 is 0 Å². The van der Waals surface area contributed by atoms with Crippen LogP contribution in [0.3, 0.4) is 0 Å². The first-order valence-corrected chi connectivity index (χ1v) is 4.74. The normalized spacial score (nSPS) is 13.9. The van der Waals surface area contributed by atoms with Crippen molar-refractivity contribution in [2.75, 3.05) is 19.8 Å². The molecule has 1 aromatic rings. The number of hydrogen-bond donors (Lipinski definition) is 2. The lowest BCUT2D eigenvalue weighted by atomic mass is 10.1. The molecule has 2 rings (SSSR count). The number of aromatic hydroxyl groups is 1. The van der Waals surface area contributed by atoms with Gasteiger partial charge in [0.1, 0.15) is 19.0 Å². The predicted octanol–water partition coefficient (Wildman–Crippen LogP) is 0.596. The van der Waals surface area contributed by atoms with Gasteiger partial charge in [-0.05, 0) is 6.07 Å². The third-order valence-corrected chi connectivity index (χ3v) is 2.23. The summed E-state index contributed by atoms with van der Waals surface area (Å²) in [7, 11) is 0. The van der Waals surface area contributed by atoms with Gasteiger partial charge < -0.3 is 19.4 Å². The number of nitrogens with two attached hydrogens (primary N) is 1. The van der Waals surface area contributed by atoms with Gasteiger partial charge in [0.15, 0.2) is 11.5 Å². The summed E-state index contributed by atoms with van der Waals surface area (Å²) >= 11 is 0. The van der Waals surface area contributed by atoms with Crippen LogP contribution in [0, 0.1) is 0 Å². The highest BCUT2D eigenvalue weighted by Crippen LogP contribution is 2.36. The molecule has 0 saturated heterocycles. The van der Waals surface area contributed by atoms with Gasteiger partial charge in [0, 0.05) is 18.1 Å². The van der Waals surface area contributed by atoms with Gasteiger partial charge in [0.2, 0.25) is 0 Å². The van der Waals surface area contributed by atoms with Crippen molar-refractivity contribution in [3.8, 4) is 17.2 Å². The largest absolute Gasteiger partial charge is 0.508 e. The van der Waals surface area contributed by atoms with Crippen LogP contribution < -0.4 is 15.4 Å². The van der Waals surface area contributed by atoms with Gasteiger partial charge in [-0.1, -0.05) is 0 Å². The topological polar surface area (TPSA) is 73.9 Å². The van der Waals surface area contributed by atoms with E-state index in [9.17, 15) is 5.11 Å². The van der Waals surface area contributed by atoms with Crippen molar-refractivity contribution in [3.05, 3.63) is 17.7 Å². The third kappa shape index (κ3) is 2.14. The number of rotatable bonds is 3. The Kier molecular flexibility index (Phi) is 2.94. The van der Waals surface area contributed by atoms with Crippen molar-refractivity contribution in [1.29, 1.82) is 0 Å². The lowest BCUT2D eigenvalue weighted by Crippen LogP contribution is -2.15. The SMILES string of the molecule is NOCCc1cc2c(cc1O)OCCO2. The van der Waals surface area contributed by atoms with E-state index in [1.165, 1.54) is 0 Å². The van der Waals surface area contributed by atoms with Crippen molar-refractivity contribution in [1.82, 2.24) is 0 Å². The van der Waals surface area contributed by atoms with Gasteiger partial charge in [-0.25, -0.2) is 5.90 Å².